The number of phenols is 1. The monoisotopic (exact) mass is 257 g/mol. The second-order valence-corrected chi connectivity index (χ2v) is 4.54. The molecule has 4 heteroatoms. The van der Waals surface area contributed by atoms with E-state index in [0.29, 0.717) is 0 Å². The molecule has 2 aromatic rings. The zero-order chi connectivity index (χ0) is 14.0. The molecule has 1 aromatic heterocycles. The predicted molar refractivity (Wildman–Crippen MR) is 74.6 cm³/mol. The topological polar surface area (TPSA) is 46.1 Å². The maximum Gasteiger partial charge on any atom is 0.498 e. The molecule has 1 N–H and O–H groups in total. The van der Waals surface area contributed by atoms with E-state index >= 15 is 0 Å². The normalized spacial score (nSPS) is 11.1. The minimum absolute atomic E-state index is 0.0597. The quantitative estimate of drug-likeness (QED) is 0.826. The van der Waals surface area contributed by atoms with Crippen molar-refractivity contribution in [2.24, 2.45) is 14.1 Å². The predicted octanol–water partition coefficient (Wildman–Crippen LogP) is 1.39. The Labute approximate surface area is 111 Å². The van der Waals surface area contributed by atoms with Crippen LogP contribution in [0.25, 0.3) is 12.2 Å². The van der Waals surface area contributed by atoms with Crippen LogP contribution in [0.2, 0.25) is 0 Å². The van der Waals surface area contributed by atoms with E-state index in [1.54, 1.807) is 41.4 Å². The summed E-state index contributed by atoms with van der Waals surface area (Å²) < 4.78 is 3.19. The summed E-state index contributed by atoms with van der Waals surface area (Å²) >= 11 is 0. The summed E-state index contributed by atoms with van der Waals surface area (Å²) in [7, 11) is 3.49. The first kappa shape index (κ1) is 13.1. The van der Waals surface area contributed by atoms with Crippen molar-refractivity contribution >= 4 is 12.2 Å². The maximum absolute atomic E-state index is 11.9. The van der Waals surface area contributed by atoms with Crippen LogP contribution in [0.4, 0.5) is 0 Å². The molecule has 0 atom stereocenters. The zero-order valence-corrected chi connectivity index (χ0v) is 11.3. The number of nitrogens with zero attached hydrogens (tertiary/aromatic N) is 2. The summed E-state index contributed by atoms with van der Waals surface area (Å²) in [5.41, 5.74) is 2.55. The highest BCUT2D eigenvalue weighted by Gasteiger charge is 2.11. The van der Waals surface area contributed by atoms with Crippen molar-refractivity contribution in [1.29, 1.82) is 0 Å². The number of hydrogen-bond donors (Lipinski definition) is 1. The Hall–Kier alpha value is -2.36. The number of aromatic nitrogens is 2. The van der Waals surface area contributed by atoms with Gasteiger partial charge in [-0.3, -0.25) is 0 Å². The van der Waals surface area contributed by atoms with Gasteiger partial charge in [0.2, 0.25) is 0 Å². The minimum Gasteiger partial charge on any atom is -0.508 e. The molecular weight excluding hydrogens is 240 g/mol. The molecule has 0 fully saturated rings. The highest BCUT2D eigenvalue weighted by Crippen LogP contribution is 2.13. The van der Waals surface area contributed by atoms with Gasteiger partial charge in [0, 0.05) is 6.07 Å². The van der Waals surface area contributed by atoms with E-state index in [0.717, 1.165) is 17.0 Å². The second kappa shape index (κ2) is 5.10. The lowest BCUT2D eigenvalue weighted by Crippen LogP contribution is -2.53. The third-order valence-electron chi connectivity index (χ3n) is 3.16. The highest BCUT2D eigenvalue weighted by atomic mass is 16.3. The van der Waals surface area contributed by atoms with Crippen LogP contribution in [0.5, 0.6) is 5.75 Å². The first-order valence-corrected chi connectivity index (χ1v) is 6.03. The van der Waals surface area contributed by atoms with Gasteiger partial charge < -0.3 is 5.11 Å². The van der Waals surface area contributed by atoms with E-state index < -0.39 is 0 Å². The van der Waals surface area contributed by atoms with Crippen molar-refractivity contribution in [3.05, 3.63) is 57.8 Å². The zero-order valence-electron chi connectivity index (χ0n) is 11.3. The molecule has 1 aromatic carbocycles. The number of benzene rings is 1. The molecule has 19 heavy (non-hydrogen) atoms. The van der Waals surface area contributed by atoms with Gasteiger partial charge in [0.05, 0.1) is 14.1 Å². The molecule has 0 unspecified atom stereocenters. The Morgan fingerprint density at radius 2 is 2.00 bits per heavy atom. The maximum atomic E-state index is 11.9. The summed E-state index contributed by atoms with van der Waals surface area (Å²) in [6.45, 7) is 1.90. The summed E-state index contributed by atoms with van der Waals surface area (Å²) in [4.78, 5) is 11.9. The molecule has 0 amide bonds. The van der Waals surface area contributed by atoms with Crippen LogP contribution in [0.3, 0.4) is 0 Å². The number of phenolic OH excluding ortho intramolecular Hbond substituents is 1. The molecule has 1 heterocycles. The van der Waals surface area contributed by atoms with E-state index in [-0.39, 0.29) is 11.4 Å². The Bertz CT molecular complexity index is 700. The van der Waals surface area contributed by atoms with Crippen LogP contribution >= 0.6 is 0 Å². The first-order valence-electron chi connectivity index (χ1n) is 6.03. The van der Waals surface area contributed by atoms with Gasteiger partial charge in [0.25, 0.3) is 0 Å². The van der Waals surface area contributed by atoms with Crippen molar-refractivity contribution in [2.45, 2.75) is 6.92 Å². The number of aryl methyl sites for hydroxylation is 1. The average molecular weight is 257 g/mol. The van der Waals surface area contributed by atoms with Gasteiger partial charge in [-0.2, -0.15) is 13.9 Å². The van der Waals surface area contributed by atoms with Crippen LogP contribution < -0.4 is 10.3 Å². The van der Waals surface area contributed by atoms with Crippen molar-refractivity contribution in [1.82, 2.24) is 4.57 Å². The molecule has 0 bridgehead atoms. The highest BCUT2D eigenvalue weighted by molar-refractivity contribution is 5.67. The van der Waals surface area contributed by atoms with Gasteiger partial charge in [0.1, 0.15) is 17.1 Å². The van der Waals surface area contributed by atoms with Crippen molar-refractivity contribution in [2.75, 3.05) is 0 Å². The van der Waals surface area contributed by atoms with Gasteiger partial charge in [-0.25, -0.2) is 0 Å². The molecular formula is C15H17N2O2+. The van der Waals surface area contributed by atoms with Gasteiger partial charge in [-0.05, 0) is 30.7 Å². The van der Waals surface area contributed by atoms with Gasteiger partial charge >= 0.3 is 5.69 Å². The molecule has 0 aliphatic carbocycles. The minimum atomic E-state index is -0.0597. The largest absolute Gasteiger partial charge is 0.508 e. The molecule has 0 aliphatic heterocycles. The van der Waals surface area contributed by atoms with Crippen molar-refractivity contribution in [3.63, 3.8) is 0 Å². The Morgan fingerprint density at radius 3 is 2.68 bits per heavy atom. The van der Waals surface area contributed by atoms with Crippen LogP contribution in [0.1, 0.15) is 17.0 Å². The van der Waals surface area contributed by atoms with Crippen LogP contribution in [0, 0.1) is 6.92 Å². The molecule has 0 radical (unpaired) electrons. The van der Waals surface area contributed by atoms with E-state index in [1.165, 1.54) is 0 Å². The Balaban J connectivity index is 2.42. The third-order valence-corrected chi connectivity index (χ3v) is 3.16. The summed E-state index contributed by atoms with van der Waals surface area (Å²) in [6.07, 6.45) is 3.73. The molecule has 0 spiro atoms. The Morgan fingerprint density at radius 1 is 1.26 bits per heavy atom. The lowest BCUT2D eigenvalue weighted by molar-refractivity contribution is -0.692. The molecule has 2 rings (SSSR count). The van der Waals surface area contributed by atoms with E-state index in [1.807, 2.05) is 31.2 Å². The lowest BCUT2D eigenvalue weighted by Gasteiger charge is -2.01. The fraction of sp³-hybridized carbons (Fsp3) is 0.200. The summed E-state index contributed by atoms with van der Waals surface area (Å²) in [6, 6.07) is 8.92. The second-order valence-electron chi connectivity index (χ2n) is 4.54. The van der Waals surface area contributed by atoms with Crippen LogP contribution in [0.15, 0.2) is 35.1 Å². The van der Waals surface area contributed by atoms with Gasteiger partial charge in [-0.15, -0.1) is 0 Å². The van der Waals surface area contributed by atoms with Crippen molar-refractivity contribution in [3.8, 4) is 5.75 Å². The number of aromatic hydroxyl groups is 1. The standard InChI is InChI=1S/C15H16N2O2/c1-11-9-13(17(3)15(19)16(11)2)8-7-12-5-4-6-14(18)10-12/h4-10H,1-3H3/p+1. The van der Waals surface area contributed by atoms with Crippen LogP contribution in [-0.4, -0.2) is 9.67 Å². The molecule has 0 aliphatic rings. The molecule has 0 saturated carbocycles. The van der Waals surface area contributed by atoms with Crippen LogP contribution in [-0.2, 0) is 14.1 Å². The summed E-state index contributed by atoms with van der Waals surface area (Å²) in [5, 5.41) is 9.40. The fourth-order valence-electron chi connectivity index (χ4n) is 1.86. The number of hydrogen-bond acceptors (Lipinski definition) is 2. The third kappa shape index (κ3) is 2.73. The molecule has 0 saturated heterocycles. The van der Waals surface area contributed by atoms with E-state index in [4.69, 9.17) is 0 Å². The smallest absolute Gasteiger partial charge is 0.498 e. The van der Waals surface area contributed by atoms with Gasteiger partial charge in [-0.1, -0.05) is 18.2 Å². The first-order chi connectivity index (χ1) is 8.99. The SMILES string of the molecule is Cc1cc(C=Cc2cccc(O)c2)[n+](C)c(=O)n1C. The molecule has 98 valence electrons. The van der Waals surface area contributed by atoms with E-state index in [9.17, 15) is 9.90 Å². The average Bonchev–Trinajstić information content (AvgIpc) is 2.39. The van der Waals surface area contributed by atoms with E-state index in [2.05, 4.69) is 0 Å². The van der Waals surface area contributed by atoms with Crippen molar-refractivity contribution < 1.29 is 9.67 Å². The van der Waals surface area contributed by atoms with Gasteiger partial charge in [0.15, 0.2) is 0 Å². The fourth-order valence-corrected chi connectivity index (χ4v) is 1.86. The number of rotatable bonds is 2. The molecule has 4 nitrogen and oxygen atoms in total. The summed E-state index contributed by atoms with van der Waals surface area (Å²) in [5.74, 6) is 0.228. The Kier molecular flexibility index (Phi) is 3.51. The lowest BCUT2D eigenvalue weighted by atomic mass is 10.2.